The van der Waals surface area contributed by atoms with Crippen molar-refractivity contribution >= 4 is 34.9 Å². The summed E-state index contributed by atoms with van der Waals surface area (Å²) in [6.07, 6.45) is 7.41. The molecule has 0 aliphatic carbocycles. The molecule has 3 rings (SSSR count). The van der Waals surface area contributed by atoms with Crippen LogP contribution in [0.4, 0.5) is 0 Å². The van der Waals surface area contributed by atoms with Gasteiger partial charge in [-0.1, -0.05) is 76.9 Å². The number of amides is 2. The van der Waals surface area contributed by atoms with Crippen LogP contribution < -0.4 is 5.32 Å². The van der Waals surface area contributed by atoms with Crippen LogP contribution in [-0.4, -0.2) is 82.2 Å². The number of carboxylic acids is 1. The Morgan fingerprint density at radius 2 is 1.85 bits per heavy atom. The summed E-state index contributed by atoms with van der Waals surface area (Å²) in [5.74, 6) is -1.27. The van der Waals surface area contributed by atoms with Crippen molar-refractivity contribution in [2.75, 3.05) is 20.6 Å². The molecule has 0 saturated carbocycles. The summed E-state index contributed by atoms with van der Waals surface area (Å²) < 4.78 is 0. The minimum Gasteiger partial charge on any atom is -0.478 e. The van der Waals surface area contributed by atoms with Crippen LogP contribution in [0.15, 0.2) is 47.4 Å². The lowest BCUT2D eigenvalue weighted by Gasteiger charge is -2.37. The molecule has 5 atom stereocenters. The number of aromatic nitrogens is 1. The number of carboxylic acid groups (broad SMARTS) is 1. The number of nitrogens with zero attached hydrogens (tertiary/aromatic N) is 3. The van der Waals surface area contributed by atoms with E-state index in [4.69, 9.17) is 0 Å². The lowest BCUT2D eigenvalue weighted by atomic mass is 9.83. The van der Waals surface area contributed by atoms with Gasteiger partial charge in [-0.3, -0.25) is 19.3 Å². The van der Waals surface area contributed by atoms with Gasteiger partial charge < -0.3 is 15.3 Å². The highest BCUT2D eigenvalue weighted by molar-refractivity contribution is 7.09. The van der Waals surface area contributed by atoms with Crippen LogP contribution in [0.3, 0.4) is 0 Å². The van der Waals surface area contributed by atoms with Crippen molar-refractivity contribution in [1.29, 1.82) is 0 Å². The predicted molar refractivity (Wildman–Crippen MR) is 187 cm³/mol. The fraction of sp³-hybridized carbons (Fsp3) is 0.595. The zero-order valence-electron chi connectivity index (χ0n) is 29.2. The molecule has 1 fully saturated rings. The van der Waals surface area contributed by atoms with Gasteiger partial charge in [0.2, 0.25) is 5.91 Å². The van der Waals surface area contributed by atoms with Gasteiger partial charge in [-0.25, -0.2) is 9.78 Å². The van der Waals surface area contributed by atoms with E-state index in [9.17, 15) is 24.3 Å². The quantitative estimate of drug-likeness (QED) is 0.198. The zero-order chi connectivity index (χ0) is 34.7. The van der Waals surface area contributed by atoms with Gasteiger partial charge in [0.15, 0.2) is 5.78 Å². The van der Waals surface area contributed by atoms with Crippen molar-refractivity contribution in [3.05, 3.63) is 63.6 Å². The number of nitrogens with one attached hydrogen (secondary N) is 1. The monoisotopic (exact) mass is 666 g/mol. The number of rotatable bonds is 17. The molecule has 2 aromatic rings. The molecule has 0 spiro atoms. The second-order valence-electron chi connectivity index (χ2n) is 13.5. The first-order valence-corrected chi connectivity index (χ1v) is 17.9. The van der Waals surface area contributed by atoms with Gasteiger partial charge in [-0.15, -0.1) is 11.3 Å². The van der Waals surface area contributed by atoms with Crippen LogP contribution in [0, 0.1) is 17.8 Å². The summed E-state index contributed by atoms with van der Waals surface area (Å²) in [5, 5.41) is 14.9. The van der Waals surface area contributed by atoms with Gasteiger partial charge >= 0.3 is 5.97 Å². The summed E-state index contributed by atoms with van der Waals surface area (Å²) in [6, 6.07) is 8.93. The molecule has 47 heavy (non-hydrogen) atoms. The van der Waals surface area contributed by atoms with E-state index in [1.807, 2.05) is 49.3 Å². The molecule has 1 saturated heterocycles. The molecule has 9 nitrogen and oxygen atoms in total. The van der Waals surface area contributed by atoms with E-state index in [1.165, 1.54) is 18.3 Å². The largest absolute Gasteiger partial charge is 0.478 e. The van der Waals surface area contributed by atoms with Crippen LogP contribution in [0.1, 0.15) is 94.2 Å². The van der Waals surface area contributed by atoms with Crippen LogP contribution in [0.25, 0.3) is 0 Å². The van der Waals surface area contributed by atoms with Crippen molar-refractivity contribution in [1.82, 2.24) is 20.1 Å². The maximum Gasteiger partial charge on any atom is 0.331 e. The molecule has 0 unspecified atom stereocenters. The number of hydrogen-bond acceptors (Lipinski definition) is 7. The van der Waals surface area contributed by atoms with Gasteiger partial charge in [-0.2, -0.15) is 0 Å². The first kappa shape index (κ1) is 38.1. The zero-order valence-corrected chi connectivity index (χ0v) is 30.0. The van der Waals surface area contributed by atoms with Crippen molar-refractivity contribution in [3.63, 3.8) is 0 Å². The Kier molecular flexibility index (Phi) is 14.8. The van der Waals surface area contributed by atoms with Gasteiger partial charge in [-0.05, 0) is 63.6 Å². The van der Waals surface area contributed by atoms with Crippen molar-refractivity contribution in [2.45, 2.75) is 104 Å². The number of ketones is 1. The van der Waals surface area contributed by atoms with Crippen molar-refractivity contribution in [3.8, 4) is 0 Å². The number of likely N-dealkylation sites (N-methyl/N-ethyl adjacent to an activating group) is 1. The molecule has 2 N–H and O–H groups in total. The highest BCUT2D eigenvalue weighted by atomic mass is 32.1. The highest BCUT2D eigenvalue weighted by Crippen LogP contribution is 2.28. The number of thiazole rings is 1. The number of aliphatic carboxylic acids is 1. The smallest absolute Gasteiger partial charge is 0.331 e. The van der Waals surface area contributed by atoms with Crippen LogP contribution in [0.2, 0.25) is 0 Å². The van der Waals surface area contributed by atoms with Gasteiger partial charge in [0.05, 0.1) is 17.1 Å². The summed E-state index contributed by atoms with van der Waals surface area (Å²) in [7, 11) is 3.87. The number of aryl methyl sites for hydroxylation is 1. The lowest BCUT2D eigenvalue weighted by Crippen LogP contribution is -2.47. The average molecular weight is 667 g/mol. The molecular weight excluding hydrogens is 612 g/mol. The minimum atomic E-state index is -1.03. The SMILES string of the molecule is CC[C@H](C)[C@H](CC(=O)[C@H]1CCCCN1C)C(=O)N(C)[C@H](CCc1nc(C(=O)N[C@H](/C=C(\C)C(=O)O)Cc2ccccc2)cs1)C(C)C. The third kappa shape index (κ3) is 11.1. The predicted octanol–water partition coefficient (Wildman–Crippen LogP) is 6.04. The standard InChI is InChI=1S/C37H54N4O5S/c1-8-25(4)29(22-33(42)32-16-12-13-19-40(32)6)36(44)41(7)31(24(2)3)17-18-34-39-30(23-47-34)35(43)38-28(20-26(5)37(45)46)21-27-14-10-9-11-15-27/h9-11,14-15,20,23-25,28-29,31-32H,8,12-13,16-19,21-22H2,1-7H3,(H,38,43)(H,45,46)/b26-20+/t25-,28+,29-,31+,32+/m0/s1. The molecule has 2 heterocycles. The Morgan fingerprint density at radius 1 is 1.15 bits per heavy atom. The maximum atomic E-state index is 14.0. The van der Waals surface area contributed by atoms with E-state index in [0.29, 0.717) is 19.3 Å². The number of benzene rings is 1. The average Bonchev–Trinajstić information content (AvgIpc) is 3.52. The number of piperidine rings is 1. The first-order valence-electron chi connectivity index (χ1n) is 17.0. The number of likely N-dealkylation sites (tertiary alicyclic amines) is 1. The van der Waals surface area contributed by atoms with E-state index >= 15 is 0 Å². The van der Waals surface area contributed by atoms with Crippen LogP contribution in [0.5, 0.6) is 0 Å². The van der Waals surface area contributed by atoms with Crippen molar-refractivity contribution in [2.24, 2.45) is 17.8 Å². The Morgan fingerprint density at radius 3 is 2.47 bits per heavy atom. The molecule has 0 bridgehead atoms. The summed E-state index contributed by atoms with van der Waals surface area (Å²) >= 11 is 1.41. The second kappa shape index (κ2) is 18.2. The Bertz CT molecular complexity index is 1370. The third-order valence-electron chi connectivity index (χ3n) is 9.67. The van der Waals surface area contributed by atoms with E-state index < -0.39 is 12.0 Å². The summed E-state index contributed by atoms with van der Waals surface area (Å²) in [5.41, 5.74) is 1.42. The number of hydrogen-bond donors (Lipinski definition) is 2. The number of carbonyl (C=O) groups is 4. The highest BCUT2D eigenvalue weighted by Gasteiger charge is 2.36. The number of Topliss-reactive ketones (excluding diaryl/α,β-unsaturated/α-hetero) is 1. The van der Waals surface area contributed by atoms with Crippen LogP contribution in [-0.2, 0) is 27.2 Å². The molecule has 1 aliphatic heterocycles. The molecule has 0 radical (unpaired) electrons. The molecule has 1 aliphatic rings. The molecule has 258 valence electrons. The summed E-state index contributed by atoms with van der Waals surface area (Å²) in [6.45, 7) is 10.8. The van der Waals surface area contributed by atoms with E-state index in [2.05, 4.69) is 42.9 Å². The second-order valence-corrected chi connectivity index (χ2v) is 14.4. The fourth-order valence-electron chi connectivity index (χ4n) is 6.49. The third-order valence-corrected chi connectivity index (χ3v) is 10.6. The minimum absolute atomic E-state index is 0.0261. The number of carbonyl (C=O) groups excluding carboxylic acids is 3. The summed E-state index contributed by atoms with van der Waals surface area (Å²) in [4.78, 5) is 60.7. The van der Waals surface area contributed by atoms with E-state index in [0.717, 1.165) is 42.8 Å². The van der Waals surface area contributed by atoms with Gasteiger partial charge in [0.25, 0.3) is 5.91 Å². The Hall–Kier alpha value is -3.37. The van der Waals surface area contributed by atoms with Gasteiger partial charge in [0, 0.05) is 42.8 Å². The van der Waals surface area contributed by atoms with Crippen molar-refractivity contribution < 1.29 is 24.3 Å². The fourth-order valence-corrected chi connectivity index (χ4v) is 7.28. The lowest BCUT2D eigenvalue weighted by molar-refractivity contribution is -0.142. The molecule has 1 aromatic heterocycles. The van der Waals surface area contributed by atoms with Crippen LogP contribution >= 0.6 is 11.3 Å². The first-order chi connectivity index (χ1) is 22.3. The normalized spacial score (nSPS) is 18.3. The molecule has 2 amide bonds. The van der Waals surface area contributed by atoms with E-state index in [1.54, 1.807) is 11.5 Å². The van der Waals surface area contributed by atoms with Gasteiger partial charge in [0.1, 0.15) is 5.69 Å². The topological polar surface area (TPSA) is 120 Å². The molecular formula is C37H54N4O5S. The Balaban J connectivity index is 1.67. The van der Waals surface area contributed by atoms with E-state index in [-0.39, 0.29) is 65.1 Å². The molecule has 10 heteroatoms. The molecule has 1 aromatic carbocycles. The Labute approximate surface area is 284 Å². The maximum absolute atomic E-state index is 14.0.